The molecule has 2 aromatic carbocycles. The van der Waals surface area contributed by atoms with Crippen LogP contribution in [0.4, 0.5) is 16.5 Å². The lowest BCUT2D eigenvalue weighted by Gasteiger charge is -2.14. The average molecular weight is 461 g/mol. The van der Waals surface area contributed by atoms with E-state index in [4.69, 9.17) is 0 Å². The van der Waals surface area contributed by atoms with Crippen LogP contribution in [-0.4, -0.2) is 28.6 Å². The molecule has 1 aliphatic heterocycles. The van der Waals surface area contributed by atoms with Gasteiger partial charge in [0.15, 0.2) is 5.13 Å². The Bertz CT molecular complexity index is 1290. The van der Waals surface area contributed by atoms with E-state index in [9.17, 15) is 19.2 Å². The summed E-state index contributed by atoms with van der Waals surface area (Å²) >= 11 is 1.49. The van der Waals surface area contributed by atoms with Crippen LogP contribution in [0.25, 0.3) is 0 Å². The molecule has 8 nitrogen and oxygen atoms in total. The van der Waals surface area contributed by atoms with Crippen LogP contribution in [0.1, 0.15) is 61.4 Å². The summed E-state index contributed by atoms with van der Waals surface area (Å²) in [5.74, 6) is -1.54. The number of aryl methyl sites for hydroxylation is 2. The van der Waals surface area contributed by atoms with E-state index >= 15 is 0 Å². The Hall–Kier alpha value is -3.85. The minimum absolute atomic E-state index is 0.178. The first-order chi connectivity index (χ1) is 15.9. The van der Waals surface area contributed by atoms with Crippen molar-refractivity contribution in [2.45, 2.75) is 32.6 Å². The average Bonchev–Trinajstić information content (AvgIpc) is 3.31. The number of rotatable bonds is 4. The van der Waals surface area contributed by atoms with Crippen LogP contribution in [0.2, 0.25) is 0 Å². The molecule has 33 heavy (non-hydrogen) atoms. The molecule has 0 fully saturated rings. The smallest absolute Gasteiger partial charge is 0.266 e. The highest BCUT2D eigenvalue weighted by Crippen LogP contribution is 2.32. The molecular formula is C24H20N4O4S. The molecule has 5 rings (SSSR count). The standard InChI is InChI=1S/C24H20N4O4S/c1-13(29)25-15-7-9-16(10-8-15)28-22(31)17-11-6-14(12-18(17)23(28)32)21(30)27-24-26-19-4-2-3-5-20(19)33-24/h6-12H,2-5H2,1H3,(H,25,29)(H,26,27,30). The van der Waals surface area contributed by atoms with Crippen molar-refractivity contribution in [1.82, 2.24) is 4.98 Å². The second kappa shape index (κ2) is 8.25. The van der Waals surface area contributed by atoms with Crippen molar-refractivity contribution in [3.63, 3.8) is 0 Å². The van der Waals surface area contributed by atoms with Gasteiger partial charge >= 0.3 is 0 Å². The normalized spacial score (nSPS) is 14.6. The van der Waals surface area contributed by atoms with Gasteiger partial charge in [-0.2, -0.15) is 0 Å². The number of nitrogens with one attached hydrogen (secondary N) is 2. The third-order valence-corrected chi connectivity index (χ3v) is 6.73. The number of anilines is 3. The molecule has 0 bridgehead atoms. The summed E-state index contributed by atoms with van der Waals surface area (Å²) in [7, 11) is 0. The highest BCUT2D eigenvalue weighted by Gasteiger charge is 2.37. The summed E-state index contributed by atoms with van der Waals surface area (Å²) in [4.78, 5) is 56.7. The van der Waals surface area contributed by atoms with Gasteiger partial charge in [-0.3, -0.25) is 24.5 Å². The molecule has 1 aliphatic carbocycles. The molecule has 0 atom stereocenters. The van der Waals surface area contributed by atoms with Crippen LogP contribution in [0.3, 0.4) is 0 Å². The van der Waals surface area contributed by atoms with Crippen molar-refractivity contribution in [3.8, 4) is 0 Å². The molecule has 2 heterocycles. The van der Waals surface area contributed by atoms with Gasteiger partial charge < -0.3 is 5.32 Å². The molecule has 0 radical (unpaired) electrons. The second-order valence-electron chi connectivity index (χ2n) is 7.98. The Morgan fingerprint density at radius 3 is 2.39 bits per heavy atom. The summed E-state index contributed by atoms with van der Waals surface area (Å²) in [6.45, 7) is 1.40. The number of nitrogens with zero attached hydrogens (tertiary/aromatic N) is 2. The minimum Gasteiger partial charge on any atom is -0.326 e. The van der Waals surface area contributed by atoms with E-state index in [1.54, 1.807) is 24.3 Å². The van der Waals surface area contributed by atoms with Gasteiger partial charge in [0.05, 0.1) is 22.5 Å². The van der Waals surface area contributed by atoms with Gasteiger partial charge in [-0.15, -0.1) is 11.3 Å². The van der Waals surface area contributed by atoms with Crippen molar-refractivity contribution in [2.75, 3.05) is 15.5 Å². The molecule has 1 aromatic heterocycles. The zero-order valence-electron chi connectivity index (χ0n) is 17.8. The summed E-state index contributed by atoms with van der Waals surface area (Å²) in [6.07, 6.45) is 4.16. The van der Waals surface area contributed by atoms with Crippen molar-refractivity contribution >= 4 is 51.5 Å². The van der Waals surface area contributed by atoms with E-state index in [0.29, 0.717) is 16.5 Å². The molecule has 9 heteroatoms. The number of imide groups is 1. The number of carbonyl (C=O) groups excluding carboxylic acids is 4. The van der Waals surface area contributed by atoms with Gasteiger partial charge in [0, 0.05) is 23.1 Å². The predicted molar refractivity (Wildman–Crippen MR) is 125 cm³/mol. The lowest BCUT2D eigenvalue weighted by atomic mass is 10.0. The maximum atomic E-state index is 13.0. The molecule has 3 aromatic rings. The maximum Gasteiger partial charge on any atom is 0.266 e. The molecule has 0 saturated heterocycles. The quantitative estimate of drug-likeness (QED) is 0.572. The van der Waals surface area contributed by atoms with Crippen LogP contribution < -0.4 is 15.5 Å². The molecule has 0 unspecified atom stereocenters. The van der Waals surface area contributed by atoms with Crippen LogP contribution in [0, 0.1) is 0 Å². The Kier molecular flexibility index (Phi) is 5.26. The van der Waals surface area contributed by atoms with E-state index in [2.05, 4.69) is 15.6 Å². The van der Waals surface area contributed by atoms with Gasteiger partial charge in [-0.25, -0.2) is 9.88 Å². The zero-order chi connectivity index (χ0) is 23.1. The van der Waals surface area contributed by atoms with Crippen LogP contribution >= 0.6 is 11.3 Å². The first-order valence-electron chi connectivity index (χ1n) is 10.6. The number of hydrogen-bond acceptors (Lipinski definition) is 6. The molecule has 2 aliphatic rings. The first-order valence-corrected chi connectivity index (χ1v) is 11.4. The SMILES string of the molecule is CC(=O)Nc1ccc(N2C(=O)c3ccc(C(=O)Nc4nc5c(s4)CCCC5)cc3C2=O)cc1. The number of aromatic nitrogens is 1. The topological polar surface area (TPSA) is 108 Å². The fraction of sp³-hybridized carbons (Fsp3) is 0.208. The Balaban J connectivity index is 1.36. The third kappa shape index (κ3) is 3.91. The summed E-state index contributed by atoms with van der Waals surface area (Å²) in [6, 6.07) is 10.9. The minimum atomic E-state index is -0.498. The molecule has 166 valence electrons. The highest BCUT2D eigenvalue weighted by atomic mass is 32.1. The number of carbonyl (C=O) groups is 4. The molecule has 2 N–H and O–H groups in total. The monoisotopic (exact) mass is 460 g/mol. The van der Waals surface area contributed by atoms with Crippen molar-refractivity contribution in [3.05, 3.63) is 69.7 Å². The van der Waals surface area contributed by atoms with E-state index in [1.165, 1.54) is 41.3 Å². The van der Waals surface area contributed by atoms with Crippen LogP contribution in [0.15, 0.2) is 42.5 Å². The van der Waals surface area contributed by atoms with Crippen molar-refractivity contribution in [1.29, 1.82) is 0 Å². The van der Waals surface area contributed by atoms with Crippen molar-refractivity contribution < 1.29 is 19.2 Å². The predicted octanol–water partition coefficient (Wildman–Crippen LogP) is 4.03. The molecule has 4 amide bonds. The Labute approximate surface area is 193 Å². The van der Waals surface area contributed by atoms with Gasteiger partial charge in [-0.05, 0) is 68.1 Å². The Morgan fingerprint density at radius 2 is 1.67 bits per heavy atom. The number of amides is 4. The molecular weight excluding hydrogens is 440 g/mol. The fourth-order valence-corrected chi connectivity index (χ4v) is 5.13. The van der Waals surface area contributed by atoms with Crippen LogP contribution in [0.5, 0.6) is 0 Å². The van der Waals surface area contributed by atoms with E-state index in [1.807, 2.05) is 0 Å². The van der Waals surface area contributed by atoms with E-state index < -0.39 is 11.8 Å². The first kappa shape index (κ1) is 21.0. The molecule has 0 saturated carbocycles. The Morgan fingerprint density at radius 1 is 0.939 bits per heavy atom. The molecule has 0 spiro atoms. The number of benzene rings is 2. The fourth-order valence-electron chi connectivity index (χ4n) is 4.09. The van der Waals surface area contributed by atoms with E-state index in [-0.39, 0.29) is 28.5 Å². The third-order valence-electron chi connectivity index (χ3n) is 5.66. The summed E-state index contributed by atoms with van der Waals surface area (Å²) in [5, 5.41) is 6.01. The highest BCUT2D eigenvalue weighted by molar-refractivity contribution is 7.15. The second-order valence-corrected chi connectivity index (χ2v) is 9.07. The van der Waals surface area contributed by atoms with Gasteiger partial charge in [-0.1, -0.05) is 0 Å². The number of fused-ring (bicyclic) bond motifs is 2. The van der Waals surface area contributed by atoms with Crippen molar-refractivity contribution in [2.24, 2.45) is 0 Å². The van der Waals surface area contributed by atoms with Gasteiger partial charge in [0.2, 0.25) is 5.91 Å². The maximum absolute atomic E-state index is 13.0. The largest absolute Gasteiger partial charge is 0.326 e. The van der Waals surface area contributed by atoms with Gasteiger partial charge in [0.25, 0.3) is 17.7 Å². The zero-order valence-corrected chi connectivity index (χ0v) is 18.6. The van der Waals surface area contributed by atoms with Gasteiger partial charge in [0.1, 0.15) is 0 Å². The summed E-state index contributed by atoms with van der Waals surface area (Å²) < 4.78 is 0. The lowest BCUT2D eigenvalue weighted by Crippen LogP contribution is -2.29. The number of thiazole rings is 1. The van der Waals surface area contributed by atoms with E-state index in [0.717, 1.165) is 36.3 Å². The summed E-state index contributed by atoms with van der Waals surface area (Å²) in [5.41, 5.74) is 2.70. The van der Waals surface area contributed by atoms with Crippen LogP contribution in [-0.2, 0) is 17.6 Å². The number of hydrogen-bond donors (Lipinski definition) is 2. The lowest BCUT2D eigenvalue weighted by molar-refractivity contribution is -0.114.